The fraction of sp³-hybridized carbons (Fsp3) is 0.300. The molecule has 68 valence electrons. The van der Waals surface area contributed by atoms with E-state index < -0.39 is 0 Å². The van der Waals surface area contributed by atoms with E-state index in [1.165, 1.54) is 16.6 Å². The second-order valence-corrected chi connectivity index (χ2v) is 3.24. The van der Waals surface area contributed by atoms with Crippen molar-refractivity contribution < 1.29 is 0 Å². The normalized spacial score (nSPS) is 10.9. The number of nitrogens with zero attached hydrogens (tertiary/aromatic N) is 2. The predicted octanol–water partition coefficient (Wildman–Crippen LogP) is 1.14. The van der Waals surface area contributed by atoms with Crippen LogP contribution in [0.2, 0.25) is 0 Å². The van der Waals surface area contributed by atoms with Gasteiger partial charge in [-0.2, -0.15) is 5.10 Å². The zero-order valence-electron chi connectivity index (χ0n) is 7.70. The highest BCUT2D eigenvalue weighted by atomic mass is 15.2. The molecule has 3 heteroatoms. The zero-order chi connectivity index (χ0) is 9.26. The standard InChI is InChI=1S/C10H13N3/c1-8-3-5-13-10(6-8)9(2-4-11)7-12-13/h3,5-7H,2,4,11H2,1H3. The fourth-order valence-electron chi connectivity index (χ4n) is 1.49. The quantitative estimate of drug-likeness (QED) is 0.744. The van der Waals surface area contributed by atoms with Crippen molar-refractivity contribution in [2.75, 3.05) is 6.54 Å². The van der Waals surface area contributed by atoms with Gasteiger partial charge in [-0.3, -0.25) is 0 Å². The first-order chi connectivity index (χ1) is 6.31. The molecule has 0 aromatic carbocycles. The Morgan fingerprint density at radius 2 is 2.38 bits per heavy atom. The summed E-state index contributed by atoms with van der Waals surface area (Å²) in [7, 11) is 0. The van der Waals surface area contributed by atoms with E-state index in [9.17, 15) is 0 Å². The minimum absolute atomic E-state index is 0.676. The van der Waals surface area contributed by atoms with Gasteiger partial charge in [0.05, 0.1) is 11.7 Å². The number of aryl methyl sites for hydroxylation is 1. The van der Waals surface area contributed by atoms with Gasteiger partial charge in [0.25, 0.3) is 0 Å². The molecular formula is C10H13N3. The van der Waals surface area contributed by atoms with Crippen molar-refractivity contribution in [2.24, 2.45) is 5.73 Å². The third kappa shape index (κ3) is 1.42. The molecule has 0 saturated heterocycles. The summed E-state index contributed by atoms with van der Waals surface area (Å²) in [6.07, 6.45) is 4.76. The monoisotopic (exact) mass is 175 g/mol. The Hall–Kier alpha value is -1.35. The van der Waals surface area contributed by atoms with Crippen LogP contribution >= 0.6 is 0 Å². The average Bonchev–Trinajstić information content (AvgIpc) is 2.49. The second-order valence-electron chi connectivity index (χ2n) is 3.24. The molecule has 0 fully saturated rings. The van der Waals surface area contributed by atoms with Crippen molar-refractivity contribution in [3.05, 3.63) is 35.7 Å². The maximum atomic E-state index is 5.51. The Bertz CT molecular complexity index is 417. The lowest BCUT2D eigenvalue weighted by Gasteiger charge is -1.97. The van der Waals surface area contributed by atoms with Gasteiger partial charge in [-0.15, -0.1) is 0 Å². The number of fused-ring (bicyclic) bond motifs is 1. The molecule has 2 N–H and O–H groups in total. The molecule has 13 heavy (non-hydrogen) atoms. The minimum Gasteiger partial charge on any atom is -0.330 e. The van der Waals surface area contributed by atoms with E-state index >= 15 is 0 Å². The molecule has 3 nitrogen and oxygen atoms in total. The van der Waals surface area contributed by atoms with E-state index in [1.807, 2.05) is 23.0 Å². The summed E-state index contributed by atoms with van der Waals surface area (Å²) in [4.78, 5) is 0. The molecule has 0 amide bonds. The molecule has 0 atom stereocenters. The number of pyridine rings is 1. The number of hydrogen-bond acceptors (Lipinski definition) is 2. The minimum atomic E-state index is 0.676. The van der Waals surface area contributed by atoms with E-state index in [0.29, 0.717) is 6.54 Å². The Morgan fingerprint density at radius 1 is 1.54 bits per heavy atom. The first-order valence-corrected chi connectivity index (χ1v) is 4.44. The van der Waals surface area contributed by atoms with Crippen LogP contribution in [-0.4, -0.2) is 16.2 Å². The van der Waals surface area contributed by atoms with Crippen LogP contribution in [0, 0.1) is 6.92 Å². The lowest BCUT2D eigenvalue weighted by molar-refractivity contribution is 0.957. The molecule has 0 saturated carbocycles. The second kappa shape index (κ2) is 3.18. The van der Waals surface area contributed by atoms with Crippen LogP contribution in [-0.2, 0) is 6.42 Å². The summed E-state index contributed by atoms with van der Waals surface area (Å²) in [5.74, 6) is 0. The van der Waals surface area contributed by atoms with Gasteiger partial charge in [-0.1, -0.05) is 0 Å². The van der Waals surface area contributed by atoms with Crippen LogP contribution in [0.5, 0.6) is 0 Å². The molecule has 2 rings (SSSR count). The molecule has 2 aromatic heterocycles. The van der Waals surface area contributed by atoms with Crippen molar-refractivity contribution in [2.45, 2.75) is 13.3 Å². The molecule has 0 radical (unpaired) electrons. The Morgan fingerprint density at radius 3 is 3.15 bits per heavy atom. The van der Waals surface area contributed by atoms with Crippen molar-refractivity contribution in [3.8, 4) is 0 Å². The van der Waals surface area contributed by atoms with Crippen LogP contribution in [0.1, 0.15) is 11.1 Å². The average molecular weight is 175 g/mol. The van der Waals surface area contributed by atoms with Crippen molar-refractivity contribution in [1.29, 1.82) is 0 Å². The first-order valence-electron chi connectivity index (χ1n) is 4.44. The van der Waals surface area contributed by atoms with Gasteiger partial charge >= 0.3 is 0 Å². The van der Waals surface area contributed by atoms with Crippen molar-refractivity contribution >= 4 is 5.52 Å². The maximum Gasteiger partial charge on any atom is 0.0696 e. The highest BCUT2D eigenvalue weighted by molar-refractivity contribution is 5.55. The van der Waals surface area contributed by atoms with Crippen LogP contribution in [0.15, 0.2) is 24.5 Å². The van der Waals surface area contributed by atoms with Gasteiger partial charge < -0.3 is 5.73 Å². The third-order valence-electron chi connectivity index (χ3n) is 2.17. The first kappa shape index (κ1) is 8.26. The Labute approximate surface area is 77.2 Å². The van der Waals surface area contributed by atoms with E-state index in [-0.39, 0.29) is 0 Å². The summed E-state index contributed by atoms with van der Waals surface area (Å²) >= 11 is 0. The molecular weight excluding hydrogens is 162 g/mol. The number of rotatable bonds is 2. The van der Waals surface area contributed by atoms with Crippen molar-refractivity contribution in [3.63, 3.8) is 0 Å². The van der Waals surface area contributed by atoms with E-state index in [2.05, 4.69) is 18.1 Å². The fourth-order valence-corrected chi connectivity index (χ4v) is 1.49. The summed E-state index contributed by atoms with van der Waals surface area (Å²) in [5.41, 5.74) is 9.17. The Balaban J connectivity index is 2.58. The summed E-state index contributed by atoms with van der Waals surface area (Å²) in [5, 5.41) is 4.24. The molecule has 0 spiro atoms. The van der Waals surface area contributed by atoms with Gasteiger partial charge in [-0.25, -0.2) is 4.52 Å². The smallest absolute Gasteiger partial charge is 0.0696 e. The van der Waals surface area contributed by atoms with Crippen LogP contribution < -0.4 is 5.73 Å². The Kier molecular flexibility index (Phi) is 2.02. The molecule has 2 heterocycles. The van der Waals surface area contributed by atoms with E-state index in [4.69, 9.17) is 5.73 Å². The van der Waals surface area contributed by atoms with Crippen molar-refractivity contribution in [1.82, 2.24) is 9.61 Å². The summed E-state index contributed by atoms with van der Waals surface area (Å²) in [6, 6.07) is 4.18. The summed E-state index contributed by atoms with van der Waals surface area (Å²) < 4.78 is 1.89. The molecule has 0 aliphatic rings. The number of aromatic nitrogens is 2. The topological polar surface area (TPSA) is 43.3 Å². The predicted molar refractivity (Wildman–Crippen MR) is 52.7 cm³/mol. The maximum absolute atomic E-state index is 5.51. The highest BCUT2D eigenvalue weighted by Crippen LogP contribution is 2.12. The summed E-state index contributed by atoms with van der Waals surface area (Å²) in [6.45, 7) is 2.76. The van der Waals surface area contributed by atoms with Gasteiger partial charge in [0.1, 0.15) is 0 Å². The molecule has 2 aromatic rings. The lowest BCUT2D eigenvalue weighted by atomic mass is 10.2. The largest absolute Gasteiger partial charge is 0.330 e. The van der Waals surface area contributed by atoms with Crippen LogP contribution in [0.3, 0.4) is 0 Å². The van der Waals surface area contributed by atoms with Crippen LogP contribution in [0.4, 0.5) is 0 Å². The molecule has 0 aliphatic heterocycles. The lowest BCUT2D eigenvalue weighted by Crippen LogP contribution is -2.02. The van der Waals surface area contributed by atoms with E-state index in [1.54, 1.807) is 0 Å². The van der Waals surface area contributed by atoms with Gasteiger partial charge in [0.15, 0.2) is 0 Å². The number of hydrogen-bond donors (Lipinski definition) is 1. The molecule has 0 unspecified atom stereocenters. The molecule has 0 bridgehead atoms. The SMILES string of the molecule is Cc1ccn2ncc(CCN)c2c1. The zero-order valence-corrected chi connectivity index (χ0v) is 7.70. The van der Waals surface area contributed by atoms with Gasteiger partial charge in [0.2, 0.25) is 0 Å². The highest BCUT2D eigenvalue weighted by Gasteiger charge is 2.01. The molecule has 0 aliphatic carbocycles. The number of nitrogens with two attached hydrogens (primary N) is 1. The third-order valence-corrected chi connectivity index (χ3v) is 2.17. The van der Waals surface area contributed by atoms with Gasteiger partial charge in [0, 0.05) is 6.20 Å². The van der Waals surface area contributed by atoms with Gasteiger partial charge in [-0.05, 0) is 43.1 Å². The van der Waals surface area contributed by atoms with Crippen LogP contribution in [0.25, 0.3) is 5.52 Å². The van der Waals surface area contributed by atoms with E-state index in [0.717, 1.165) is 6.42 Å².